The number of hydrogen-bond acceptors (Lipinski definition) is 10. The smallest absolute Gasteiger partial charge is 0.416 e. The minimum absolute atomic E-state index is 0.0179. The van der Waals surface area contributed by atoms with E-state index >= 15 is 0 Å². The fourth-order valence-corrected chi connectivity index (χ4v) is 8.29. The van der Waals surface area contributed by atoms with Gasteiger partial charge in [-0.2, -0.15) is 18.4 Å². The highest BCUT2D eigenvalue weighted by Crippen LogP contribution is 2.58. The van der Waals surface area contributed by atoms with Gasteiger partial charge in [-0.3, -0.25) is 19.4 Å². The van der Waals surface area contributed by atoms with Crippen molar-refractivity contribution in [3.8, 4) is 34.8 Å². The summed E-state index contributed by atoms with van der Waals surface area (Å²) in [4.78, 5) is 30.3. The minimum Gasteiger partial charge on any atom is -0.504 e. The van der Waals surface area contributed by atoms with Gasteiger partial charge in [-0.25, -0.2) is 0 Å². The average molecular weight is 705 g/mol. The molecule has 7 rings (SSSR count). The lowest BCUT2D eigenvalue weighted by atomic mass is 9.72. The van der Waals surface area contributed by atoms with E-state index in [2.05, 4.69) is 16.3 Å². The number of fused-ring (bicyclic) bond motifs is 9. The van der Waals surface area contributed by atoms with E-state index in [4.69, 9.17) is 18.9 Å². The lowest BCUT2D eigenvalue weighted by molar-refractivity contribution is -0.137. The van der Waals surface area contributed by atoms with Crippen molar-refractivity contribution in [2.75, 3.05) is 21.0 Å². The van der Waals surface area contributed by atoms with Gasteiger partial charge in [0.25, 0.3) is 0 Å². The molecular weight excluding hydrogens is 669 g/mol. The molecule has 0 spiro atoms. The first kappa shape index (κ1) is 34.2. The minimum atomic E-state index is -4.56. The number of alkyl halides is 3. The van der Waals surface area contributed by atoms with Gasteiger partial charge in [0, 0.05) is 47.3 Å². The Labute approximate surface area is 291 Å². The summed E-state index contributed by atoms with van der Waals surface area (Å²) >= 11 is 0. The number of ether oxygens (including phenoxy) is 4. The van der Waals surface area contributed by atoms with E-state index in [1.54, 1.807) is 6.92 Å². The number of hydrogen-bond donors (Lipinski definition) is 2. The number of esters is 1. The van der Waals surface area contributed by atoms with Crippen LogP contribution in [0.1, 0.15) is 63.6 Å². The highest BCUT2D eigenvalue weighted by molar-refractivity contribution is 5.92. The topological polar surface area (TPSA) is 134 Å². The predicted octanol–water partition coefficient (Wildman–Crippen LogP) is 5.25. The number of phenols is 1. The van der Waals surface area contributed by atoms with Crippen molar-refractivity contribution < 1.29 is 46.8 Å². The van der Waals surface area contributed by atoms with Crippen LogP contribution in [-0.2, 0) is 28.6 Å². The van der Waals surface area contributed by atoms with Crippen LogP contribution in [0.15, 0.2) is 36.4 Å². The molecule has 4 aliphatic rings. The molecule has 0 aromatic heterocycles. The van der Waals surface area contributed by atoms with Crippen molar-refractivity contribution >= 4 is 18.0 Å². The Morgan fingerprint density at radius 2 is 1.84 bits per heavy atom. The Hall–Kier alpha value is -5.26. The number of phenolic OH excluding ortho intramolecular Hbond substituents is 1. The number of nitriles is 1. The molecule has 51 heavy (non-hydrogen) atoms. The van der Waals surface area contributed by atoms with Gasteiger partial charge >= 0.3 is 12.1 Å². The zero-order valence-electron chi connectivity index (χ0n) is 28.4. The Balaban J connectivity index is 1.40. The standard InChI is InChI=1S/C37H35F3N4O7/c1-17-11-21-13-24-26(15-41)44-25(30(43(24)4)28(21)31(47)32(17)48-5)14-23-29(35-34(49-16-50-35)18(2)33(23)51-19(3)45)36(44)42-27(46)10-9-20-7-6-8-22(12-20)37(38,39)40/h6-12,24-26,30,36,47H,13-14,16H2,1-5H3,(H,42,46)/t24-,25?,26+,30+,36-/m1/s1. The van der Waals surface area contributed by atoms with Crippen LogP contribution >= 0.6 is 0 Å². The van der Waals surface area contributed by atoms with Gasteiger partial charge in [-0.05, 0) is 68.6 Å². The van der Waals surface area contributed by atoms with Gasteiger partial charge in [0.1, 0.15) is 18.0 Å². The third-order valence-corrected chi connectivity index (χ3v) is 10.3. The third kappa shape index (κ3) is 5.51. The molecule has 4 aliphatic heterocycles. The molecule has 0 saturated carbocycles. The van der Waals surface area contributed by atoms with E-state index in [1.807, 2.05) is 24.9 Å². The fraction of sp³-hybridized carbons (Fsp3) is 0.378. The first-order valence-corrected chi connectivity index (χ1v) is 16.3. The van der Waals surface area contributed by atoms with Gasteiger partial charge in [0.05, 0.1) is 24.8 Å². The Morgan fingerprint density at radius 1 is 1.10 bits per heavy atom. The molecule has 3 aromatic carbocycles. The summed E-state index contributed by atoms with van der Waals surface area (Å²) in [5, 5.41) is 25.5. The molecule has 2 N–H and O–H groups in total. The number of methoxy groups -OCH3 is 1. The van der Waals surface area contributed by atoms with Crippen LogP contribution < -0.4 is 24.3 Å². The number of likely N-dealkylation sites (N-methyl/N-ethyl adjacent to an activating group) is 1. The number of carbonyl (C=O) groups is 2. The van der Waals surface area contributed by atoms with Crippen molar-refractivity contribution in [1.82, 2.24) is 15.1 Å². The van der Waals surface area contributed by atoms with Crippen LogP contribution in [0.2, 0.25) is 0 Å². The van der Waals surface area contributed by atoms with E-state index in [1.165, 1.54) is 32.2 Å². The maximum atomic E-state index is 13.8. The van der Waals surface area contributed by atoms with Crippen molar-refractivity contribution in [2.45, 2.75) is 70.1 Å². The number of aryl methyl sites for hydroxylation is 1. The summed E-state index contributed by atoms with van der Waals surface area (Å²) < 4.78 is 63.4. The summed E-state index contributed by atoms with van der Waals surface area (Å²) in [6, 6.07) is 6.77. The summed E-state index contributed by atoms with van der Waals surface area (Å²) in [6.45, 7) is 4.72. The second-order valence-corrected chi connectivity index (χ2v) is 13.2. The van der Waals surface area contributed by atoms with Crippen LogP contribution in [-0.4, -0.2) is 65.9 Å². The lowest BCUT2D eigenvalue weighted by Gasteiger charge is -2.59. The number of nitrogens with one attached hydrogen (secondary N) is 1. The SMILES string of the molecule is COc1c(C)cc2c(c1O)[C@@H]1C3Cc4c(OC(C)=O)c(C)c5c(c4[C@H](NC(=O)C=Cc4cccc(C(F)(F)F)c4)N3[C@@H](C#N)[C@@H](C2)N1C)OCO5. The molecule has 1 fully saturated rings. The van der Waals surface area contributed by atoms with Crippen molar-refractivity contribution in [2.24, 2.45) is 0 Å². The molecule has 3 aromatic rings. The fourth-order valence-electron chi connectivity index (χ4n) is 8.29. The van der Waals surface area contributed by atoms with E-state index in [0.29, 0.717) is 45.9 Å². The summed E-state index contributed by atoms with van der Waals surface area (Å²) in [7, 11) is 3.37. The molecule has 266 valence electrons. The zero-order valence-corrected chi connectivity index (χ0v) is 28.4. The summed E-state index contributed by atoms with van der Waals surface area (Å²) in [6.07, 6.45) is -2.58. The maximum Gasteiger partial charge on any atom is 0.416 e. The molecule has 2 bridgehead atoms. The first-order chi connectivity index (χ1) is 24.2. The van der Waals surface area contributed by atoms with E-state index in [-0.39, 0.29) is 36.3 Å². The third-order valence-electron chi connectivity index (χ3n) is 10.3. The molecule has 5 atom stereocenters. The predicted molar refractivity (Wildman–Crippen MR) is 176 cm³/mol. The van der Waals surface area contributed by atoms with Crippen LogP contribution in [0.25, 0.3) is 6.08 Å². The van der Waals surface area contributed by atoms with Crippen molar-refractivity contribution in [3.63, 3.8) is 0 Å². The van der Waals surface area contributed by atoms with Crippen LogP contribution in [0.5, 0.6) is 28.7 Å². The molecule has 11 nitrogen and oxygen atoms in total. The number of nitrogens with zero attached hydrogens (tertiary/aromatic N) is 3. The van der Waals surface area contributed by atoms with Crippen molar-refractivity contribution in [1.29, 1.82) is 5.26 Å². The summed E-state index contributed by atoms with van der Waals surface area (Å²) in [5.41, 5.74) is 3.06. The number of rotatable bonds is 5. The molecule has 1 unspecified atom stereocenters. The Bertz CT molecular complexity index is 2040. The lowest BCUT2D eigenvalue weighted by Crippen LogP contribution is -2.69. The molecule has 0 radical (unpaired) electrons. The number of benzene rings is 3. The maximum absolute atomic E-state index is 13.8. The van der Waals surface area contributed by atoms with E-state index in [9.17, 15) is 33.1 Å². The average Bonchev–Trinajstić information content (AvgIpc) is 3.56. The summed E-state index contributed by atoms with van der Waals surface area (Å²) in [5.74, 6) is -0.0417. The number of aromatic hydroxyl groups is 1. The van der Waals surface area contributed by atoms with Gasteiger partial charge in [0.15, 0.2) is 23.0 Å². The largest absolute Gasteiger partial charge is 0.504 e. The van der Waals surface area contributed by atoms with Gasteiger partial charge in [0.2, 0.25) is 12.7 Å². The number of amides is 1. The van der Waals surface area contributed by atoms with Gasteiger partial charge < -0.3 is 29.4 Å². The number of piperazine rings is 1. The zero-order chi connectivity index (χ0) is 36.5. The van der Waals surface area contributed by atoms with Gasteiger partial charge in [-0.1, -0.05) is 18.2 Å². The molecule has 4 heterocycles. The molecule has 1 amide bonds. The monoisotopic (exact) mass is 704 g/mol. The Kier molecular flexibility index (Phi) is 8.38. The molecule has 1 saturated heterocycles. The van der Waals surface area contributed by atoms with E-state index < -0.39 is 47.9 Å². The number of carbonyl (C=O) groups excluding carboxylic acids is 2. The molecule has 14 heteroatoms. The van der Waals surface area contributed by atoms with Crippen LogP contribution in [0, 0.1) is 25.2 Å². The Morgan fingerprint density at radius 3 is 2.53 bits per heavy atom. The quantitative estimate of drug-likeness (QED) is 0.206. The van der Waals surface area contributed by atoms with Crippen LogP contribution in [0.3, 0.4) is 0 Å². The van der Waals surface area contributed by atoms with E-state index in [0.717, 1.165) is 29.3 Å². The number of halogens is 3. The van der Waals surface area contributed by atoms with Crippen molar-refractivity contribution in [3.05, 3.63) is 80.9 Å². The second kappa shape index (κ2) is 12.5. The first-order valence-electron chi connectivity index (χ1n) is 16.3. The molecular formula is C37H35F3N4O7. The van der Waals surface area contributed by atoms with Gasteiger partial charge in [-0.15, -0.1) is 0 Å². The highest BCUT2D eigenvalue weighted by atomic mass is 19.4. The normalized spacial score (nSPS) is 23.5. The van der Waals surface area contributed by atoms with Crippen LogP contribution in [0.4, 0.5) is 13.2 Å². The highest BCUT2D eigenvalue weighted by Gasteiger charge is 2.57. The second-order valence-electron chi connectivity index (χ2n) is 13.2. The molecule has 0 aliphatic carbocycles.